The molecule has 0 aliphatic carbocycles. The van der Waals surface area contributed by atoms with E-state index in [1.165, 1.54) is 0 Å². The molecule has 0 spiro atoms. The standard InChI is InChI=1S/C14H28N2O3S/c1-3-14-11-13(7-10-19-14)15-12-5-8-16(9-6-12)20(17,18)4-2/h12-15H,3-11H2,1-2H3. The lowest BCUT2D eigenvalue weighted by Crippen LogP contribution is -2.50. The molecule has 2 rings (SSSR count). The van der Waals surface area contributed by atoms with Crippen molar-refractivity contribution in [2.75, 3.05) is 25.4 Å². The molecule has 6 heteroatoms. The molecule has 2 aliphatic rings. The fourth-order valence-corrected chi connectivity index (χ4v) is 4.26. The first-order valence-electron chi connectivity index (χ1n) is 7.90. The van der Waals surface area contributed by atoms with E-state index in [9.17, 15) is 8.42 Å². The second-order valence-electron chi connectivity index (χ2n) is 5.86. The van der Waals surface area contributed by atoms with Crippen LogP contribution in [-0.2, 0) is 14.8 Å². The van der Waals surface area contributed by atoms with Crippen LogP contribution in [0.2, 0.25) is 0 Å². The van der Waals surface area contributed by atoms with Crippen molar-refractivity contribution < 1.29 is 13.2 Å². The first kappa shape index (κ1) is 16.2. The maximum absolute atomic E-state index is 11.8. The molecule has 0 amide bonds. The Morgan fingerprint density at radius 3 is 2.45 bits per heavy atom. The van der Waals surface area contributed by atoms with E-state index in [1.54, 1.807) is 11.2 Å². The lowest BCUT2D eigenvalue weighted by atomic mass is 9.98. The van der Waals surface area contributed by atoms with Crippen LogP contribution in [0, 0.1) is 0 Å². The van der Waals surface area contributed by atoms with E-state index in [-0.39, 0.29) is 5.75 Å². The molecule has 5 nitrogen and oxygen atoms in total. The highest BCUT2D eigenvalue weighted by Gasteiger charge is 2.29. The molecule has 2 aliphatic heterocycles. The van der Waals surface area contributed by atoms with Crippen molar-refractivity contribution >= 4 is 10.0 Å². The minimum Gasteiger partial charge on any atom is -0.378 e. The topological polar surface area (TPSA) is 58.6 Å². The van der Waals surface area contributed by atoms with Gasteiger partial charge in [0.1, 0.15) is 0 Å². The third-order valence-corrected chi connectivity index (χ3v) is 6.39. The SMILES string of the molecule is CCC1CC(NC2CCN(S(=O)(=O)CC)CC2)CCO1. The van der Waals surface area contributed by atoms with Crippen LogP contribution in [0.5, 0.6) is 0 Å². The Morgan fingerprint density at radius 1 is 1.15 bits per heavy atom. The molecule has 2 atom stereocenters. The monoisotopic (exact) mass is 304 g/mol. The van der Waals surface area contributed by atoms with Gasteiger partial charge in [0.15, 0.2) is 0 Å². The number of sulfonamides is 1. The average molecular weight is 304 g/mol. The second-order valence-corrected chi connectivity index (χ2v) is 8.12. The largest absolute Gasteiger partial charge is 0.378 e. The van der Waals surface area contributed by atoms with Gasteiger partial charge in [-0.2, -0.15) is 0 Å². The Kier molecular flexibility index (Phi) is 5.84. The highest BCUT2D eigenvalue weighted by molar-refractivity contribution is 7.89. The molecule has 1 N–H and O–H groups in total. The lowest BCUT2D eigenvalue weighted by Gasteiger charge is -2.36. The first-order valence-corrected chi connectivity index (χ1v) is 9.51. The normalized spacial score (nSPS) is 30.5. The molecule has 0 bridgehead atoms. The van der Waals surface area contributed by atoms with E-state index in [1.807, 2.05) is 0 Å². The minimum atomic E-state index is -3.00. The number of nitrogens with zero attached hydrogens (tertiary/aromatic N) is 1. The van der Waals surface area contributed by atoms with Gasteiger partial charge in [-0.3, -0.25) is 0 Å². The van der Waals surface area contributed by atoms with E-state index in [4.69, 9.17) is 4.74 Å². The van der Waals surface area contributed by atoms with Gasteiger partial charge in [0, 0.05) is 31.8 Å². The van der Waals surface area contributed by atoms with E-state index < -0.39 is 10.0 Å². The summed E-state index contributed by atoms with van der Waals surface area (Å²) in [5, 5.41) is 3.71. The molecular formula is C14H28N2O3S. The number of hydrogen-bond donors (Lipinski definition) is 1. The van der Waals surface area contributed by atoms with E-state index in [0.717, 1.165) is 38.7 Å². The molecule has 0 saturated carbocycles. The van der Waals surface area contributed by atoms with Gasteiger partial charge >= 0.3 is 0 Å². The summed E-state index contributed by atoms with van der Waals surface area (Å²) < 4.78 is 31.0. The molecule has 20 heavy (non-hydrogen) atoms. The Hall–Kier alpha value is -0.170. The van der Waals surface area contributed by atoms with Gasteiger partial charge in [0.25, 0.3) is 0 Å². The van der Waals surface area contributed by atoms with Gasteiger partial charge in [-0.15, -0.1) is 0 Å². The maximum Gasteiger partial charge on any atom is 0.213 e. The van der Waals surface area contributed by atoms with Crippen LogP contribution < -0.4 is 5.32 Å². The number of nitrogens with one attached hydrogen (secondary N) is 1. The lowest BCUT2D eigenvalue weighted by molar-refractivity contribution is -0.00292. The summed E-state index contributed by atoms with van der Waals surface area (Å²) in [6, 6.07) is 0.993. The quantitative estimate of drug-likeness (QED) is 0.833. The van der Waals surface area contributed by atoms with Crippen LogP contribution in [0.4, 0.5) is 0 Å². The van der Waals surface area contributed by atoms with Crippen LogP contribution in [0.1, 0.15) is 46.0 Å². The third kappa shape index (κ3) is 4.16. The molecule has 0 aromatic rings. The van der Waals surface area contributed by atoms with Gasteiger partial charge in [-0.25, -0.2) is 12.7 Å². The van der Waals surface area contributed by atoms with Gasteiger partial charge in [-0.05, 0) is 39.0 Å². The number of hydrogen-bond acceptors (Lipinski definition) is 4. The van der Waals surface area contributed by atoms with Crippen LogP contribution in [0.25, 0.3) is 0 Å². The summed E-state index contributed by atoms with van der Waals surface area (Å²) in [5.41, 5.74) is 0. The van der Waals surface area contributed by atoms with Gasteiger partial charge in [0.05, 0.1) is 11.9 Å². The fraction of sp³-hybridized carbons (Fsp3) is 1.00. The summed E-state index contributed by atoms with van der Waals surface area (Å²) in [6.45, 7) is 6.05. The molecule has 2 saturated heterocycles. The van der Waals surface area contributed by atoms with Crippen LogP contribution in [0.3, 0.4) is 0 Å². The Morgan fingerprint density at radius 2 is 1.85 bits per heavy atom. The van der Waals surface area contributed by atoms with Crippen LogP contribution in [0.15, 0.2) is 0 Å². The Balaban J connectivity index is 1.77. The number of piperidine rings is 1. The Bertz CT molecular complexity index is 391. The molecule has 0 aromatic heterocycles. The van der Waals surface area contributed by atoms with Crippen molar-refractivity contribution in [1.82, 2.24) is 9.62 Å². The summed E-state index contributed by atoms with van der Waals surface area (Å²) in [5.74, 6) is 0.212. The zero-order chi connectivity index (χ0) is 14.6. The molecule has 0 aromatic carbocycles. The Labute approximate surface area is 123 Å². The molecule has 0 radical (unpaired) electrons. The minimum absolute atomic E-state index is 0.212. The summed E-state index contributed by atoms with van der Waals surface area (Å²) >= 11 is 0. The second kappa shape index (κ2) is 7.20. The van der Waals surface area contributed by atoms with Crippen LogP contribution in [-0.4, -0.2) is 56.4 Å². The molecule has 118 valence electrons. The van der Waals surface area contributed by atoms with Gasteiger partial charge < -0.3 is 10.1 Å². The van der Waals surface area contributed by atoms with Crippen LogP contribution >= 0.6 is 0 Å². The van der Waals surface area contributed by atoms with Crippen molar-refractivity contribution in [2.45, 2.75) is 64.1 Å². The maximum atomic E-state index is 11.8. The molecule has 2 unspecified atom stereocenters. The zero-order valence-electron chi connectivity index (χ0n) is 12.7. The van der Waals surface area contributed by atoms with Crippen molar-refractivity contribution in [1.29, 1.82) is 0 Å². The molecular weight excluding hydrogens is 276 g/mol. The summed E-state index contributed by atoms with van der Waals surface area (Å²) in [6.07, 6.45) is 5.47. The highest BCUT2D eigenvalue weighted by atomic mass is 32.2. The predicted molar refractivity (Wildman–Crippen MR) is 80.2 cm³/mol. The highest BCUT2D eigenvalue weighted by Crippen LogP contribution is 2.20. The summed E-state index contributed by atoms with van der Waals surface area (Å²) in [7, 11) is -3.00. The van der Waals surface area contributed by atoms with E-state index in [0.29, 0.717) is 31.3 Å². The summed E-state index contributed by atoms with van der Waals surface area (Å²) in [4.78, 5) is 0. The van der Waals surface area contributed by atoms with Crippen molar-refractivity contribution in [3.05, 3.63) is 0 Å². The predicted octanol–water partition coefficient (Wildman–Crippen LogP) is 1.35. The zero-order valence-corrected chi connectivity index (χ0v) is 13.5. The third-order valence-electron chi connectivity index (χ3n) is 4.51. The van der Waals surface area contributed by atoms with E-state index >= 15 is 0 Å². The van der Waals surface area contributed by atoms with E-state index in [2.05, 4.69) is 12.2 Å². The van der Waals surface area contributed by atoms with Crippen molar-refractivity contribution in [2.24, 2.45) is 0 Å². The van der Waals surface area contributed by atoms with Gasteiger partial charge in [0.2, 0.25) is 10.0 Å². The van der Waals surface area contributed by atoms with Crippen molar-refractivity contribution in [3.63, 3.8) is 0 Å². The first-order chi connectivity index (χ1) is 9.55. The number of rotatable bonds is 5. The molecule has 2 fully saturated rings. The molecule has 2 heterocycles. The average Bonchev–Trinajstić information content (AvgIpc) is 2.48. The smallest absolute Gasteiger partial charge is 0.213 e. The fourth-order valence-electron chi connectivity index (χ4n) is 3.13. The van der Waals surface area contributed by atoms with Crippen molar-refractivity contribution in [3.8, 4) is 0 Å². The number of ether oxygens (including phenoxy) is 1. The van der Waals surface area contributed by atoms with Gasteiger partial charge in [-0.1, -0.05) is 6.92 Å².